The Morgan fingerprint density at radius 2 is 2.00 bits per heavy atom. The summed E-state index contributed by atoms with van der Waals surface area (Å²) >= 11 is 0. The number of benzene rings is 1. The van der Waals surface area contributed by atoms with Crippen LogP contribution in [-0.4, -0.2) is 60.2 Å². The third kappa shape index (κ3) is 4.99. The van der Waals surface area contributed by atoms with Gasteiger partial charge in [-0.1, -0.05) is 0 Å². The van der Waals surface area contributed by atoms with E-state index in [-0.39, 0.29) is 11.6 Å². The van der Waals surface area contributed by atoms with Gasteiger partial charge in [-0.3, -0.25) is 9.69 Å². The number of aromatic nitrogens is 2. The lowest BCUT2D eigenvalue weighted by atomic mass is 10.2. The van der Waals surface area contributed by atoms with Gasteiger partial charge in [0, 0.05) is 38.1 Å². The predicted octanol–water partition coefficient (Wildman–Crippen LogP) is 1.34. The van der Waals surface area contributed by atoms with Gasteiger partial charge in [0.2, 0.25) is 5.95 Å². The Hall–Kier alpha value is -3.02. The van der Waals surface area contributed by atoms with Crippen LogP contribution < -0.4 is 10.6 Å². The number of hydrogen-bond acceptors (Lipinski definition) is 7. The molecular weight excluding hydrogens is 332 g/mol. The van der Waals surface area contributed by atoms with Gasteiger partial charge in [0.25, 0.3) is 5.91 Å². The Balaban J connectivity index is 1.53. The molecule has 0 spiro atoms. The average molecular weight is 352 g/mol. The van der Waals surface area contributed by atoms with Crippen molar-refractivity contribution in [3.63, 3.8) is 0 Å². The van der Waals surface area contributed by atoms with Gasteiger partial charge in [-0.05, 0) is 30.3 Å². The van der Waals surface area contributed by atoms with Crippen molar-refractivity contribution in [2.45, 2.75) is 0 Å². The highest BCUT2D eigenvalue weighted by Gasteiger charge is 2.11. The topological polar surface area (TPSA) is 103 Å². The van der Waals surface area contributed by atoms with Crippen LogP contribution in [0.25, 0.3) is 0 Å². The molecule has 0 saturated carbocycles. The molecule has 1 saturated heterocycles. The quantitative estimate of drug-likeness (QED) is 0.809. The van der Waals surface area contributed by atoms with Gasteiger partial charge in [-0.2, -0.15) is 5.26 Å². The SMILES string of the molecule is N#Cc1ccc(NC(=O)c2ccnc(NCCN3CCOCC3)n2)cc1. The van der Waals surface area contributed by atoms with Crippen LogP contribution in [-0.2, 0) is 4.74 Å². The third-order valence-electron chi connectivity index (χ3n) is 3.97. The van der Waals surface area contributed by atoms with Crippen LogP contribution in [0.5, 0.6) is 0 Å². The highest BCUT2D eigenvalue weighted by atomic mass is 16.5. The molecule has 0 bridgehead atoms. The molecule has 1 aromatic carbocycles. The van der Waals surface area contributed by atoms with Crippen LogP contribution in [0.4, 0.5) is 11.6 Å². The smallest absolute Gasteiger partial charge is 0.274 e. The van der Waals surface area contributed by atoms with Gasteiger partial charge >= 0.3 is 0 Å². The molecule has 1 amide bonds. The van der Waals surface area contributed by atoms with E-state index < -0.39 is 0 Å². The van der Waals surface area contributed by atoms with Crippen LogP contribution in [0.3, 0.4) is 0 Å². The minimum absolute atomic E-state index is 0.276. The first-order chi connectivity index (χ1) is 12.7. The van der Waals surface area contributed by atoms with Crippen molar-refractivity contribution >= 4 is 17.5 Å². The number of amides is 1. The maximum absolute atomic E-state index is 12.3. The van der Waals surface area contributed by atoms with Gasteiger partial charge in [0.05, 0.1) is 24.8 Å². The Morgan fingerprint density at radius 1 is 1.23 bits per heavy atom. The molecule has 0 unspecified atom stereocenters. The summed E-state index contributed by atoms with van der Waals surface area (Å²) in [7, 11) is 0. The third-order valence-corrected chi connectivity index (χ3v) is 3.97. The maximum Gasteiger partial charge on any atom is 0.274 e. The molecule has 3 rings (SSSR count). The maximum atomic E-state index is 12.3. The molecule has 26 heavy (non-hydrogen) atoms. The lowest BCUT2D eigenvalue weighted by Gasteiger charge is -2.26. The first-order valence-corrected chi connectivity index (χ1v) is 8.43. The number of anilines is 2. The molecule has 1 fully saturated rings. The lowest BCUT2D eigenvalue weighted by Crippen LogP contribution is -2.39. The van der Waals surface area contributed by atoms with Crippen molar-refractivity contribution in [2.75, 3.05) is 50.0 Å². The minimum Gasteiger partial charge on any atom is -0.379 e. The van der Waals surface area contributed by atoms with Crippen LogP contribution in [0.15, 0.2) is 36.5 Å². The largest absolute Gasteiger partial charge is 0.379 e. The first kappa shape index (κ1) is 17.8. The van der Waals surface area contributed by atoms with E-state index in [1.807, 2.05) is 6.07 Å². The Kier molecular flexibility index (Phi) is 6.09. The molecule has 8 nitrogen and oxygen atoms in total. The van der Waals surface area contributed by atoms with E-state index in [4.69, 9.17) is 10.00 Å². The monoisotopic (exact) mass is 352 g/mol. The number of ether oxygens (including phenoxy) is 1. The Morgan fingerprint density at radius 3 is 2.73 bits per heavy atom. The fourth-order valence-electron chi connectivity index (χ4n) is 2.54. The van der Waals surface area contributed by atoms with E-state index in [1.54, 1.807) is 36.5 Å². The van der Waals surface area contributed by atoms with Crippen molar-refractivity contribution in [1.29, 1.82) is 5.26 Å². The van der Waals surface area contributed by atoms with Crippen LogP contribution >= 0.6 is 0 Å². The van der Waals surface area contributed by atoms with Gasteiger partial charge in [0.1, 0.15) is 5.69 Å². The summed E-state index contributed by atoms with van der Waals surface area (Å²) in [6, 6.07) is 10.3. The zero-order valence-corrected chi connectivity index (χ0v) is 14.3. The molecule has 2 aromatic rings. The van der Waals surface area contributed by atoms with E-state index >= 15 is 0 Å². The molecule has 2 N–H and O–H groups in total. The van der Waals surface area contributed by atoms with Gasteiger partial charge in [-0.15, -0.1) is 0 Å². The number of morpholine rings is 1. The summed E-state index contributed by atoms with van der Waals surface area (Å²) in [5.74, 6) is 0.0964. The molecule has 0 atom stereocenters. The predicted molar refractivity (Wildman–Crippen MR) is 96.9 cm³/mol. The van der Waals surface area contributed by atoms with E-state index in [0.29, 0.717) is 23.7 Å². The van der Waals surface area contributed by atoms with Crippen molar-refractivity contribution in [2.24, 2.45) is 0 Å². The van der Waals surface area contributed by atoms with Gasteiger partial charge < -0.3 is 15.4 Å². The molecule has 0 radical (unpaired) electrons. The van der Waals surface area contributed by atoms with Gasteiger partial charge in [-0.25, -0.2) is 9.97 Å². The summed E-state index contributed by atoms with van der Waals surface area (Å²) in [6.07, 6.45) is 1.55. The molecule has 8 heteroatoms. The summed E-state index contributed by atoms with van der Waals surface area (Å²) in [6.45, 7) is 4.95. The summed E-state index contributed by atoms with van der Waals surface area (Å²) in [5.41, 5.74) is 1.42. The highest BCUT2D eigenvalue weighted by molar-refractivity contribution is 6.02. The van der Waals surface area contributed by atoms with E-state index in [1.165, 1.54) is 0 Å². The van der Waals surface area contributed by atoms with Crippen molar-refractivity contribution in [3.8, 4) is 6.07 Å². The zero-order chi connectivity index (χ0) is 18.2. The van der Waals surface area contributed by atoms with Crippen molar-refractivity contribution in [3.05, 3.63) is 47.8 Å². The number of nitrogens with zero attached hydrogens (tertiary/aromatic N) is 4. The van der Waals surface area contributed by atoms with E-state index in [9.17, 15) is 4.79 Å². The van der Waals surface area contributed by atoms with Crippen LogP contribution in [0, 0.1) is 11.3 Å². The molecule has 0 aliphatic carbocycles. The Bertz CT molecular complexity index is 781. The fourth-order valence-corrected chi connectivity index (χ4v) is 2.54. The molecule has 1 aromatic heterocycles. The molecule has 2 heterocycles. The number of nitriles is 1. The molecule has 134 valence electrons. The summed E-state index contributed by atoms with van der Waals surface area (Å²) < 4.78 is 5.32. The Labute approximate surface area is 151 Å². The van der Waals surface area contributed by atoms with Crippen molar-refractivity contribution < 1.29 is 9.53 Å². The van der Waals surface area contributed by atoms with Gasteiger partial charge in [0.15, 0.2) is 0 Å². The fraction of sp³-hybridized carbons (Fsp3) is 0.333. The van der Waals surface area contributed by atoms with E-state index in [0.717, 1.165) is 32.8 Å². The number of rotatable bonds is 6. The highest BCUT2D eigenvalue weighted by Crippen LogP contribution is 2.10. The van der Waals surface area contributed by atoms with E-state index in [2.05, 4.69) is 25.5 Å². The number of hydrogen-bond donors (Lipinski definition) is 2. The lowest BCUT2D eigenvalue weighted by molar-refractivity contribution is 0.0398. The molecular formula is C18H20N6O2. The normalized spacial score (nSPS) is 14.4. The van der Waals surface area contributed by atoms with Crippen molar-refractivity contribution in [1.82, 2.24) is 14.9 Å². The minimum atomic E-state index is -0.326. The summed E-state index contributed by atoms with van der Waals surface area (Å²) in [4.78, 5) is 23.0. The molecule has 1 aliphatic heterocycles. The van der Waals surface area contributed by atoms with Crippen LogP contribution in [0.1, 0.15) is 16.1 Å². The standard InChI is InChI=1S/C18H20N6O2/c19-13-14-1-3-15(4-2-14)22-17(25)16-5-6-20-18(23-16)21-7-8-24-9-11-26-12-10-24/h1-6H,7-12H2,(H,22,25)(H,20,21,23). The average Bonchev–Trinajstić information content (AvgIpc) is 2.69. The number of carbonyl (C=O) groups excluding carboxylic acids is 1. The number of nitrogens with one attached hydrogen (secondary N) is 2. The zero-order valence-electron chi connectivity index (χ0n) is 14.3. The summed E-state index contributed by atoms with van der Waals surface area (Å²) in [5, 5.41) is 14.7. The second kappa shape index (κ2) is 8.89. The number of carbonyl (C=O) groups is 1. The first-order valence-electron chi connectivity index (χ1n) is 8.43. The van der Waals surface area contributed by atoms with Crippen LogP contribution in [0.2, 0.25) is 0 Å². The molecule has 1 aliphatic rings. The second-order valence-corrected chi connectivity index (χ2v) is 5.79. The second-order valence-electron chi connectivity index (χ2n) is 5.79.